The highest BCUT2D eigenvalue weighted by atomic mass is 35.5. The van der Waals surface area contributed by atoms with E-state index in [1.54, 1.807) is 6.33 Å². The van der Waals surface area contributed by atoms with Crippen LogP contribution in [0.2, 0.25) is 5.28 Å². The van der Waals surface area contributed by atoms with Crippen molar-refractivity contribution in [2.75, 3.05) is 4.90 Å². The van der Waals surface area contributed by atoms with Gasteiger partial charge in [0.2, 0.25) is 5.28 Å². The topological polar surface area (TPSA) is 57.7 Å². The second kappa shape index (κ2) is 6.91. The third-order valence-corrected chi connectivity index (χ3v) is 4.14. The molecule has 2 aromatic heterocycles. The minimum Gasteiger partial charge on any atom is -0.346 e. The molecule has 0 aliphatic rings. The van der Waals surface area contributed by atoms with Gasteiger partial charge in [-0.1, -0.05) is 60.7 Å². The predicted molar refractivity (Wildman–Crippen MR) is 99.5 cm³/mol. The van der Waals surface area contributed by atoms with Gasteiger partial charge in [0.15, 0.2) is 11.5 Å². The Morgan fingerprint density at radius 3 is 2.04 bits per heavy atom. The van der Waals surface area contributed by atoms with Crippen molar-refractivity contribution in [1.82, 2.24) is 19.9 Å². The van der Waals surface area contributed by atoms with Crippen molar-refractivity contribution in [3.05, 3.63) is 83.4 Å². The van der Waals surface area contributed by atoms with E-state index in [-0.39, 0.29) is 5.28 Å². The fourth-order valence-corrected chi connectivity index (χ4v) is 2.99. The average molecular weight is 350 g/mol. The lowest BCUT2D eigenvalue weighted by atomic mass is 10.1. The number of nitrogens with zero attached hydrogens (tertiary/aromatic N) is 4. The van der Waals surface area contributed by atoms with Gasteiger partial charge in [0.25, 0.3) is 0 Å². The lowest BCUT2D eigenvalue weighted by Gasteiger charge is -2.24. The molecule has 0 fully saturated rings. The van der Waals surface area contributed by atoms with Crippen LogP contribution in [0.5, 0.6) is 0 Å². The Kier molecular flexibility index (Phi) is 4.31. The molecule has 0 aliphatic heterocycles. The van der Waals surface area contributed by atoms with Crippen LogP contribution in [-0.4, -0.2) is 19.9 Å². The number of imidazole rings is 1. The summed E-state index contributed by atoms with van der Waals surface area (Å²) in [6, 6.07) is 20.6. The molecule has 0 bridgehead atoms. The molecule has 0 saturated heterocycles. The van der Waals surface area contributed by atoms with E-state index in [4.69, 9.17) is 11.6 Å². The monoisotopic (exact) mass is 349 g/mol. The minimum absolute atomic E-state index is 0.195. The number of hydrogen-bond donors (Lipinski definition) is 1. The van der Waals surface area contributed by atoms with Crippen LogP contribution >= 0.6 is 11.6 Å². The van der Waals surface area contributed by atoms with Crippen LogP contribution in [0, 0.1) is 0 Å². The Morgan fingerprint density at radius 1 is 0.840 bits per heavy atom. The van der Waals surface area contributed by atoms with Crippen molar-refractivity contribution < 1.29 is 0 Å². The van der Waals surface area contributed by atoms with Crippen molar-refractivity contribution in [1.29, 1.82) is 0 Å². The van der Waals surface area contributed by atoms with Gasteiger partial charge >= 0.3 is 0 Å². The highest BCUT2D eigenvalue weighted by Gasteiger charge is 2.17. The molecule has 5 nitrogen and oxygen atoms in total. The molecule has 0 radical (unpaired) electrons. The molecule has 1 N–H and O–H groups in total. The first-order valence-corrected chi connectivity index (χ1v) is 8.37. The number of halogens is 1. The summed E-state index contributed by atoms with van der Waals surface area (Å²) in [5.41, 5.74) is 3.75. The molecule has 4 aromatic rings. The lowest BCUT2D eigenvalue weighted by molar-refractivity contribution is 0.785. The zero-order chi connectivity index (χ0) is 17.1. The number of fused-ring (bicyclic) bond motifs is 1. The number of nitrogens with one attached hydrogen (secondary N) is 1. The Bertz CT molecular complexity index is 927. The second-order valence-electron chi connectivity index (χ2n) is 5.74. The molecule has 0 spiro atoms. The Hall–Kier alpha value is -2.92. The largest absolute Gasteiger partial charge is 0.346 e. The lowest BCUT2D eigenvalue weighted by Crippen LogP contribution is -2.23. The molecule has 2 heterocycles. The van der Waals surface area contributed by atoms with Crippen LogP contribution in [0.25, 0.3) is 11.2 Å². The van der Waals surface area contributed by atoms with E-state index >= 15 is 0 Å². The van der Waals surface area contributed by atoms with E-state index in [1.807, 2.05) is 36.4 Å². The highest BCUT2D eigenvalue weighted by Crippen LogP contribution is 2.26. The van der Waals surface area contributed by atoms with Crippen molar-refractivity contribution in [2.45, 2.75) is 13.1 Å². The maximum absolute atomic E-state index is 6.13. The molecule has 0 saturated carbocycles. The van der Waals surface area contributed by atoms with Gasteiger partial charge in [0, 0.05) is 13.1 Å². The van der Waals surface area contributed by atoms with Gasteiger partial charge in [-0.05, 0) is 22.7 Å². The van der Waals surface area contributed by atoms with Crippen LogP contribution in [0.1, 0.15) is 11.1 Å². The smallest absolute Gasteiger partial charge is 0.226 e. The van der Waals surface area contributed by atoms with Gasteiger partial charge in [-0.25, -0.2) is 4.98 Å². The van der Waals surface area contributed by atoms with Crippen LogP contribution in [0.3, 0.4) is 0 Å². The molecular weight excluding hydrogens is 334 g/mol. The highest BCUT2D eigenvalue weighted by molar-refractivity contribution is 6.28. The summed E-state index contributed by atoms with van der Waals surface area (Å²) in [6.07, 6.45) is 1.61. The molecular formula is C19H16ClN5. The molecule has 25 heavy (non-hydrogen) atoms. The van der Waals surface area contributed by atoms with Gasteiger partial charge in [-0.2, -0.15) is 9.97 Å². The normalized spacial score (nSPS) is 10.9. The second-order valence-corrected chi connectivity index (χ2v) is 6.08. The maximum atomic E-state index is 6.13. The van der Waals surface area contributed by atoms with Crippen LogP contribution in [-0.2, 0) is 13.1 Å². The number of hydrogen-bond acceptors (Lipinski definition) is 4. The molecule has 6 heteroatoms. The Morgan fingerprint density at radius 2 is 1.44 bits per heavy atom. The molecule has 0 unspecified atom stereocenters. The quantitative estimate of drug-likeness (QED) is 0.548. The fraction of sp³-hybridized carbons (Fsp3) is 0.105. The number of aromatic amines is 1. The van der Waals surface area contributed by atoms with Crippen molar-refractivity contribution >= 4 is 28.6 Å². The maximum Gasteiger partial charge on any atom is 0.226 e. The zero-order valence-corrected chi connectivity index (χ0v) is 14.2. The zero-order valence-electron chi connectivity index (χ0n) is 13.4. The molecule has 0 aliphatic carbocycles. The first-order valence-electron chi connectivity index (χ1n) is 7.99. The summed E-state index contributed by atoms with van der Waals surface area (Å²) >= 11 is 6.13. The Balaban J connectivity index is 1.77. The third kappa shape index (κ3) is 3.46. The van der Waals surface area contributed by atoms with E-state index in [2.05, 4.69) is 49.1 Å². The summed E-state index contributed by atoms with van der Waals surface area (Å²) in [4.78, 5) is 18.2. The molecule has 124 valence electrons. The number of H-pyrrole nitrogens is 1. The summed E-state index contributed by atoms with van der Waals surface area (Å²) < 4.78 is 0. The van der Waals surface area contributed by atoms with Crippen LogP contribution in [0.15, 0.2) is 67.0 Å². The van der Waals surface area contributed by atoms with Crippen molar-refractivity contribution in [3.8, 4) is 0 Å². The van der Waals surface area contributed by atoms with Crippen LogP contribution in [0.4, 0.5) is 5.82 Å². The van der Waals surface area contributed by atoms with E-state index in [9.17, 15) is 0 Å². The first kappa shape index (κ1) is 15.6. The molecule has 0 atom stereocenters. The molecule has 2 aromatic carbocycles. The standard InChI is InChI=1S/C19H16ClN5/c20-19-23-17-16(21-13-22-17)18(24-19)25(11-14-7-3-1-4-8-14)12-15-9-5-2-6-10-15/h1-10,13H,11-12H2,(H,21,22,23,24). The Labute approximate surface area is 150 Å². The molecule has 4 rings (SSSR count). The van der Waals surface area contributed by atoms with Gasteiger partial charge in [0.1, 0.15) is 5.52 Å². The average Bonchev–Trinajstić information content (AvgIpc) is 3.10. The summed E-state index contributed by atoms with van der Waals surface area (Å²) in [5.74, 6) is 0.750. The SMILES string of the molecule is Clc1nc(N(Cc2ccccc2)Cc2ccccc2)c2[nH]cnc2n1. The number of anilines is 1. The molecule has 0 amide bonds. The van der Waals surface area contributed by atoms with Gasteiger partial charge in [-0.3, -0.25) is 0 Å². The van der Waals surface area contributed by atoms with E-state index in [0.29, 0.717) is 18.7 Å². The first-order chi connectivity index (χ1) is 12.3. The van der Waals surface area contributed by atoms with E-state index in [1.165, 1.54) is 11.1 Å². The summed E-state index contributed by atoms with van der Waals surface area (Å²) in [6.45, 7) is 1.41. The van der Waals surface area contributed by atoms with E-state index in [0.717, 1.165) is 11.3 Å². The van der Waals surface area contributed by atoms with E-state index < -0.39 is 0 Å². The van der Waals surface area contributed by atoms with Gasteiger partial charge < -0.3 is 9.88 Å². The summed E-state index contributed by atoms with van der Waals surface area (Å²) in [7, 11) is 0. The van der Waals surface area contributed by atoms with Gasteiger partial charge in [-0.15, -0.1) is 0 Å². The van der Waals surface area contributed by atoms with Gasteiger partial charge in [0.05, 0.1) is 6.33 Å². The number of aromatic nitrogens is 4. The van der Waals surface area contributed by atoms with Crippen LogP contribution < -0.4 is 4.90 Å². The number of rotatable bonds is 5. The predicted octanol–water partition coefficient (Wildman–Crippen LogP) is 4.21. The number of benzene rings is 2. The third-order valence-electron chi connectivity index (χ3n) is 3.97. The van der Waals surface area contributed by atoms with Crippen molar-refractivity contribution in [3.63, 3.8) is 0 Å². The van der Waals surface area contributed by atoms with Crippen molar-refractivity contribution in [2.24, 2.45) is 0 Å². The summed E-state index contributed by atoms with van der Waals surface area (Å²) in [5, 5.41) is 0.195. The minimum atomic E-state index is 0.195. The fourth-order valence-electron chi connectivity index (χ4n) is 2.83.